The van der Waals surface area contributed by atoms with E-state index in [1.165, 1.54) is 24.9 Å². The van der Waals surface area contributed by atoms with E-state index in [2.05, 4.69) is 29.3 Å². The van der Waals surface area contributed by atoms with Crippen LogP contribution in [0.4, 0.5) is 16.2 Å². The molecule has 0 radical (unpaired) electrons. The zero-order valence-corrected chi connectivity index (χ0v) is 13.3. The smallest absolute Gasteiger partial charge is 0.321 e. The van der Waals surface area contributed by atoms with Gasteiger partial charge < -0.3 is 15.1 Å². The number of unbranched alkanes of at least 4 members (excludes halogenated alkanes) is 1. The Hall–Kier alpha value is -1.71. The molecule has 1 saturated heterocycles. The first kappa shape index (κ1) is 15.7. The van der Waals surface area contributed by atoms with Crippen molar-refractivity contribution in [3.8, 4) is 0 Å². The molecule has 1 aliphatic rings. The van der Waals surface area contributed by atoms with Crippen molar-refractivity contribution in [2.45, 2.75) is 39.0 Å². The first-order valence-corrected chi connectivity index (χ1v) is 8.08. The second-order valence-corrected chi connectivity index (χ2v) is 5.80. The average molecular weight is 289 g/mol. The van der Waals surface area contributed by atoms with Crippen molar-refractivity contribution in [3.05, 3.63) is 24.3 Å². The predicted octanol–water partition coefficient (Wildman–Crippen LogP) is 3.94. The molecule has 0 aromatic heterocycles. The molecule has 0 saturated carbocycles. The average Bonchev–Trinajstić information content (AvgIpc) is 2.54. The van der Waals surface area contributed by atoms with Gasteiger partial charge in [-0.2, -0.15) is 0 Å². The van der Waals surface area contributed by atoms with Crippen molar-refractivity contribution in [1.29, 1.82) is 0 Å². The largest absolute Gasteiger partial charge is 0.372 e. The highest BCUT2D eigenvalue weighted by Gasteiger charge is 2.11. The van der Waals surface area contributed by atoms with Gasteiger partial charge in [-0.3, -0.25) is 0 Å². The Kier molecular flexibility index (Phi) is 5.90. The number of hydrogen-bond acceptors (Lipinski definition) is 2. The minimum atomic E-state index is -0.0332. The lowest BCUT2D eigenvalue weighted by Gasteiger charge is -2.29. The molecule has 0 unspecified atom stereocenters. The minimum Gasteiger partial charge on any atom is -0.372 e. The predicted molar refractivity (Wildman–Crippen MR) is 89.1 cm³/mol. The van der Waals surface area contributed by atoms with Gasteiger partial charge in [-0.05, 0) is 49.9 Å². The molecule has 1 heterocycles. The first-order chi connectivity index (χ1) is 10.2. The van der Waals surface area contributed by atoms with Gasteiger partial charge in [-0.1, -0.05) is 13.3 Å². The van der Waals surface area contributed by atoms with E-state index in [4.69, 9.17) is 0 Å². The zero-order chi connectivity index (χ0) is 15.1. The fourth-order valence-electron chi connectivity index (χ4n) is 2.62. The monoisotopic (exact) mass is 289 g/mol. The maximum Gasteiger partial charge on any atom is 0.321 e. The highest BCUT2D eigenvalue weighted by molar-refractivity contribution is 5.89. The summed E-state index contributed by atoms with van der Waals surface area (Å²) in [7, 11) is 1.84. The number of nitrogens with one attached hydrogen (secondary N) is 1. The van der Waals surface area contributed by atoms with Crippen LogP contribution >= 0.6 is 0 Å². The summed E-state index contributed by atoms with van der Waals surface area (Å²) in [6.45, 7) is 5.22. The third kappa shape index (κ3) is 4.66. The molecule has 0 spiro atoms. The van der Waals surface area contributed by atoms with Crippen LogP contribution in [-0.4, -0.2) is 37.6 Å². The maximum atomic E-state index is 12.0. The molecule has 4 nitrogen and oxygen atoms in total. The van der Waals surface area contributed by atoms with Crippen molar-refractivity contribution in [3.63, 3.8) is 0 Å². The lowest BCUT2D eigenvalue weighted by atomic mass is 10.1. The third-order valence-electron chi connectivity index (χ3n) is 4.03. The molecule has 0 atom stereocenters. The Morgan fingerprint density at radius 1 is 1.19 bits per heavy atom. The molecule has 21 heavy (non-hydrogen) atoms. The number of amides is 2. The second kappa shape index (κ2) is 7.91. The van der Waals surface area contributed by atoms with Crippen LogP contribution in [0.3, 0.4) is 0 Å². The molecule has 0 bridgehead atoms. The molecule has 1 fully saturated rings. The molecule has 0 aliphatic carbocycles. The van der Waals surface area contributed by atoms with E-state index in [1.807, 2.05) is 19.2 Å². The van der Waals surface area contributed by atoms with Gasteiger partial charge >= 0.3 is 6.03 Å². The summed E-state index contributed by atoms with van der Waals surface area (Å²) >= 11 is 0. The summed E-state index contributed by atoms with van der Waals surface area (Å²) in [6, 6.07) is 8.17. The SMILES string of the molecule is CCCCN(C)C(=O)Nc1ccc(N2CCCCC2)cc1. The maximum absolute atomic E-state index is 12.0. The quantitative estimate of drug-likeness (QED) is 0.891. The Labute approximate surface area is 128 Å². The van der Waals surface area contributed by atoms with Crippen LogP contribution in [-0.2, 0) is 0 Å². The normalized spacial score (nSPS) is 14.9. The van der Waals surface area contributed by atoms with Gasteiger partial charge in [-0.15, -0.1) is 0 Å². The summed E-state index contributed by atoms with van der Waals surface area (Å²) in [5.41, 5.74) is 2.12. The van der Waals surface area contributed by atoms with E-state index in [9.17, 15) is 4.79 Å². The third-order valence-corrected chi connectivity index (χ3v) is 4.03. The summed E-state index contributed by atoms with van der Waals surface area (Å²) in [6.07, 6.45) is 6.04. The van der Waals surface area contributed by atoms with Gasteiger partial charge in [0.25, 0.3) is 0 Å². The Morgan fingerprint density at radius 3 is 2.48 bits per heavy atom. The van der Waals surface area contributed by atoms with Gasteiger partial charge in [0.1, 0.15) is 0 Å². The Bertz CT molecular complexity index is 438. The summed E-state index contributed by atoms with van der Waals surface area (Å²) in [5.74, 6) is 0. The number of benzene rings is 1. The number of nitrogens with zero attached hydrogens (tertiary/aromatic N) is 2. The number of urea groups is 1. The van der Waals surface area contributed by atoms with Crippen molar-refractivity contribution in [2.24, 2.45) is 0 Å². The number of carbonyl (C=O) groups excluding carboxylic acids is 1. The molecular formula is C17H27N3O. The molecule has 1 N–H and O–H groups in total. The van der Waals surface area contributed by atoms with Crippen molar-refractivity contribution < 1.29 is 4.79 Å². The van der Waals surface area contributed by atoms with Gasteiger partial charge in [-0.25, -0.2) is 4.79 Å². The highest BCUT2D eigenvalue weighted by atomic mass is 16.2. The van der Waals surface area contributed by atoms with Crippen LogP contribution < -0.4 is 10.2 Å². The second-order valence-electron chi connectivity index (χ2n) is 5.80. The first-order valence-electron chi connectivity index (χ1n) is 8.08. The van der Waals surface area contributed by atoms with E-state index >= 15 is 0 Å². The summed E-state index contributed by atoms with van der Waals surface area (Å²) in [4.78, 5) is 16.2. The zero-order valence-electron chi connectivity index (χ0n) is 13.3. The van der Waals surface area contributed by atoms with Gasteiger partial charge in [0.15, 0.2) is 0 Å². The van der Waals surface area contributed by atoms with E-state index in [1.54, 1.807) is 4.90 Å². The molecule has 1 aromatic rings. The molecule has 2 amide bonds. The van der Waals surface area contributed by atoms with Crippen LogP contribution in [0, 0.1) is 0 Å². The van der Waals surface area contributed by atoms with Crippen LogP contribution in [0.1, 0.15) is 39.0 Å². The van der Waals surface area contributed by atoms with E-state index in [0.29, 0.717) is 0 Å². The van der Waals surface area contributed by atoms with E-state index < -0.39 is 0 Å². The van der Waals surface area contributed by atoms with E-state index in [-0.39, 0.29) is 6.03 Å². The highest BCUT2D eigenvalue weighted by Crippen LogP contribution is 2.21. The van der Waals surface area contributed by atoms with Crippen molar-refractivity contribution in [2.75, 3.05) is 36.9 Å². The Morgan fingerprint density at radius 2 is 1.86 bits per heavy atom. The van der Waals surface area contributed by atoms with E-state index in [0.717, 1.165) is 38.2 Å². The molecule has 116 valence electrons. The summed E-state index contributed by atoms with van der Waals surface area (Å²) < 4.78 is 0. The lowest BCUT2D eigenvalue weighted by molar-refractivity contribution is 0.222. The topological polar surface area (TPSA) is 35.6 Å². The fourth-order valence-corrected chi connectivity index (χ4v) is 2.62. The Balaban J connectivity index is 1.88. The standard InChI is InChI=1S/C17H27N3O/c1-3-4-12-19(2)17(21)18-15-8-10-16(11-9-15)20-13-6-5-7-14-20/h8-11H,3-7,12-14H2,1-2H3,(H,18,21). The van der Waals surface area contributed by atoms with Crippen molar-refractivity contribution in [1.82, 2.24) is 4.90 Å². The molecular weight excluding hydrogens is 262 g/mol. The fraction of sp³-hybridized carbons (Fsp3) is 0.588. The van der Waals surface area contributed by atoms with Crippen LogP contribution in [0.15, 0.2) is 24.3 Å². The van der Waals surface area contributed by atoms with Gasteiger partial charge in [0.2, 0.25) is 0 Å². The summed E-state index contributed by atoms with van der Waals surface area (Å²) in [5, 5.41) is 2.95. The lowest BCUT2D eigenvalue weighted by Crippen LogP contribution is -2.32. The minimum absolute atomic E-state index is 0.0332. The van der Waals surface area contributed by atoms with Crippen LogP contribution in [0.5, 0.6) is 0 Å². The van der Waals surface area contributed by atoms with Gasteiger partial charge in [0.05, 0.1) is 0 Å². The number of rotatable bonds is 5. The number of hydrogen-bond donors (Lipinski definition) is 1. The van der Waals surface area contributed by atoms with Crippen LogP contribution in [0.2, 0.25) is 0 Å². The molecule has 2 rings (SSSR count). The number of piperidine rings is 1. The number of anilines is 2. The van der Waals surface area contributed by atoms with Gasteiger partial charge in [0, 0.05) is 38.1 Å². The molecule has 4 heteroatoms. The molecule has 1 aromatic carbocycles. The molecule has 1 aliphatic heterocycles. The van der Waals surface area contributed by atoms with Crippen LogP contribution in [0.25, 0.3) is 0 Å². The number of carbonyl (C=O) groups is 1. The van der Waals surface area contributed by atoms with Crippen molar-refractivity contribution >= 4 is 17.4 Å².